The number of likely N-dealkylation sites (tertiary alicyclic amines) is 1. The van der Waals surface area contributed by atoms with Gasteiger partial charge in [-0.2, -0.15) is 4.98 Å². The van der Waals surface area contributed by atoms with Crippen LogP contribution in [0.1, 0.15) is 35.0 Å². The molecule has 4 rings (SSSR count). The lowest BCUT2D eigenvalue weighted by molar-refractivity contribution is 0.0691. The highest BCUT2D eigenvalue weighted by Gasteiger charge is 2.30. The van der Waals surface area contributed by atoms with Gasteiger partial charge in [0, 0.05) is 19.2 Å². The van der Waals surface area contributed by atoms with Crippen molar-refractivity contribution < 1.29 is 22.8 Å². The van der Waals surface area contributed by atoms with Gasteiger partial charge in [-0.3, -0.25) is 4.79 Å². The molecule has 0 N–H and O–H groups in total. The van der Waals surface area contributed by atoms with E-state index in [0.29, 0.717) is 19.0 Å². The number of carbonyl (C=O) groups excluding carboxylic acids is 1. The number of piperidine rings is 1. The first-order valence-corrected chi connectivity index (χ1v) is 8.91. The van der Waals surface area contributed by atoms with Crippen LogP contribution in [0.4, 0.5) is 8.78 Å². The first-order valence-electron chi connectivity index (χ1n) is 8.91. The van der Waals surface area contributed by atoms with Crippen LogP contribution in [0.25, 0.3) is 0 Å². The van der Waals surface area contributed by atoms with E-state index >= 15 is 0 Å². The molecule has 2 heterocycles. The molecule has 6 nitrogen and oxygen atoms in total. The van der Waals surface area contributed by atoms with Gasteiger partial charge in [0.1, 0.15) is 17.4 Å². The highest BCUT2D eigenvalue weighted by Crippen LogP contribution is 2.29. The molecule has 28 heavy (non-hydrogen) atoms. The third-order valence-electron chi connectivity index (χ3n) is 4.59. The lowest BCUT2D eigenvalue weighted by Gasteiger charge is -2.31. The zero-order chi connectivity index (χ0) is 19.5. The van der Waals surface area contributed by atoms with Crippen molar-refractivity contribution >= 4 is 5.91 Å². The van der Waals surface area contributed by atoms with Crippen molar-refractivity contribution in [1.29, 1.82) is 0 Å². The minimum Gasteiger partial charge on any atom is -0.422 e. The number of amides is 1. The summed E-state index contributed by atoms with van der Waals surface area (Å²) >= 11 is 0. The van der Waals surface area contributed by atoms with Crippen LogP contribution in [0.5, 0.6) is 11.8 Å². The molecule has 1 aromatic heterocycles. The second kappa shape index (κ2) is 7.75. The van der Waals surface area contributed by atoms with E-state index in [1.807, 2.05) is 0 Å². The average Bonchev–Trinajstić information content (AvgIpc) is 3.16. The quantitative estimate of drug-likeness (QED) is 0.675. The van der Waals surface area contributed by atoms with Gasteiger partial charge >= 0.3 is 6.01 Å². The molecule has 1 amide bonds. The highest BCUT2D eigenvalue weighted by molar-refractivity contribution is 5.94. The molecular weight excluding hydrogens is 368 g/mol. The van der Waals surface area contributed by atoms with Gasteiger partial charge in [-0.1, -0.05) is 18.2 Å². The number of benzene rings is 2. The van der Waals surface area contributed by atoms with E-state index in [9.17, 15) is 13.6 Å². The SMILES string of the molecule is O=C(c1ccccc1F)N1CCCC(c2nc(Oc3cccc(F)c3)no2)C1. The molecule has 0 spiro atoms. The van der Waals surface area contributed by atoms with E-state index in [0.717, 1.165) is 12.8 Å². The maximum atomic E-state index is 13.9. The molecule has 2 aromatic carbocycles. The molecule has 1 fully saturated rings. The van der Waals surface area contributed by atoms with Crippen molar-refractivity contribution in [3.63, 3.8) is 0 Å². The fourth-order valence-corrected chi connectivity index (χ4v) is 3.23. The van der Waals surface area contributed by atoms with Crippen LogP contribution in [0.15, 0.2) is 53.1 Å². The first-order chi connectivity index (χ1) is 13.6. The standard InChI is InChI=1S/C20H17F2N3O3/c21-14-6-3-7-15(11-14)27-20-23-18(28-24-20)13-5-4-10-25(12-13)19(26)16-8-1-2-9-17(16)22/h1-3,6-9,11,13H,4-5,10,12H2. The summed E-state index contributed by atoms with van der Waals surface area (Å²) in [7, 11) is 0. The molecule has 0 aliphatic carbocycles. The summed E-state index contributed by atoms with van der Waals surface area (Å²) in [5.74, 6) is -0.931. The largest absolute Gasteiger partial charge is 0.422 e. The topological polar surface area (TPSA) is 68.5 Å². The maximum absolute atomic E-state index is 13.9. The zero-order valence-corrected chi connectivity index (χ0v) is 14.8. The highest BCUT2D eigenvalue weighted by atomic mass is 19.1. The number of halogens is 2. The number of nitrogens with zero attached hydrogens (tertiary/aromatic N) is 3. The third kappa shape index (κ3) is 3.85. The summed E-state index contributed by atoms with van der Waals surface area (Å²) in [4.78, 5) is 18.4. The van der Waals surface area contributed by atoms with Gasteiger partial charge in [0.15, 0.2) is 0 Å². The minimum absolute atomic E-state index is 0.0295. The second-order valence-corrected chi connectivity index (χ2v) is 6.54. The molecule has 1 atom stereocenters. The molecule has 1 aliphatic rings. The number of rotatable bonds is 4. The zero-order valence-electron chi connectivity index (χ0n) is 14.8. The Kier molecular flexibility index (Phi) is 5.01. The lowest BCUT2D eigenvalue weighted by Crippen LogP contribution is -2.39. The number of carbonyl (C=O) groups is 1. The summed E-state index contributed by atoms with van der Waals surface area (Å²) in [5, 5.41) is 3.76. The Morgan fingerprint density at radius 1 is 1.18 bits per heavy atom. The van der Waals surface area contributed by atoms with Gasteiger partial charge in [-0.25, -0.2) is 8.78 Å². The normalized spacial score (nSPS) is 16.8. The monoisotopic (exact) mass is 385 g/mol. The molecule has 0 saturated carbocycles. The van der Waals surface area contributed by atoms with Crippen molar-refractivity contribution in [2.24, 2.45) is 0 Å². The van der Waals surface area contributed by atoms with Crippen LogP contribution in [0.3, 0.4) is 0 Å². The summed E-state index contributed by atoms with van der Waals surface area (Å²) in [6, 6.07) is 11.5. The predicted molar refractivity (Wildman–Crippen MR) is 95.1 cm³/mol. The van der Waals surface area contributed by atoms with Crippen molar-refractivity contribution in [3.05, 3.63) is 71.6 Å². The predicted octanol–water partition coefficient (Wildman–Crippen LogP) is 4.16. The van der Waals surface area contributed by atoms with Crippen LogP contribution in [0, 0.1) is 11.6 Å². The van der Waals surface area contributed by atoms with E-state index in [4.69, 9.17) is 9.26 Å². The Bertz CT molecular complexity index is 992. The Morgan fingerprint density at radius 2 is 2.04 bits per heavy atom. The van der Waals surface area contributed by atoms with Crippen molar-refractivity contribution in [1.82, 2.24) is 15.0 Å². The van der Waals surface area contributed by atoms with Gasteiger partial charge < -0.3 is 14.2 Å². The van der Waals surface area contributed by atoms with Crippen LogP contribution >= 0.6 is 0 Å². The third-order valence-corrected chi connectivity index (χ3v) is 4.59. The molecular formula is C20H17F2N3O3. The molecule has 1 aliphatic heterocycles. The van der Waals surface area contributed by atoms with Crippen molar-refractivity contribution in [3.8, 4) is 11.8 Å². The van der Waals surface area contributed by atoms with E-state index in [2.05, 4.69) is 10.1 Å². The van der Waals surface area contributed by atoms with Crippen LogP contribution in [-0.4, -0.2) is 34.0 Å². The molecule has 144 valence electrons. The van der Waals surface area contributed by atoms with E-state index in [1.54, 1.807) is 23.1 Å². The van der Waals surface area contributed by atoms with Crippen LogP contribution < -0.4 is 4.74 Å². The van der Waals surface area contributed by atoms with Crippen LogP contribution in [-0.2, 0) is 0 Å². The molecule has 1 unspecified atom stereocenters. The average molecular weight is 385 g/mol. The first kappa shape index (κ1) is 18.1. The Labute approximate surface area is 159 Å². The van der Waals surface area contributed by atoms with E-state index < -0.39 is 11.6 Å². The Hall–Kier alpha value is -3.29. The van der Waals surface area contributed by atoms with Crippen molar-refractivity contribution in [2.75, 3.05) is 13.1 Å². The number of ether oxygens (including phenoxy) is 1. The van der Waals surface area contributed by atoms with Gasteiger partial charge in [0.05, 0.1) is 11.5 Å². The fraction of sp³-hybridized carbons (Fsp3) is 0.250. The molecule has 8 heteroatoms. The smallest absolute Gasteiger partial charge is 0.359 e. The summed E-state index contributed by atoms with van der Waals surface area (Å²) < 4.78 is 37.8. The Morgan fingerprint density at radius 3 is 2.86 bits per heavy atom. The lowest BCUT2D eigenvalue weighted by atomic mass is 9.97. The van der Waals surface area contributed by atoms with Gasteiger partial charge in [-0.15, -0.1) is 0 Å². The van der Waals surface area contributed by atoms with E-state index in [-0.39, 0.29) is 29.1 Å². The van der Waals surface area contributed by atoms with Crippen molar-refractivity contribution in [2.45, 2.75) is 18.8 Å². The molecule has 3 aromatic rings. The molecule has 1 saturated heterocycles. The number of aromatic nitrogens is 2. The number of hydrogen-bond donors (Lipinski definition) is 0. The summed E-state index contributed by atoms with van der Waals surface area (Å²) in [6.07, 6.45) is 1.48. The van der Waals surface area contributed by atoms with Gasteiger partial charge in [0.25, 0.3) is 5.91 Å². The molecule has 0 bridgehead atoms. The van der Waals surface area contributed by atoms with Gasteiger partial charge in [-0.05, 0) is 42.3 Å². The molecule has 0 radical (unpaired) electrons. The second-order valence-electron chi connectivity index (χ2n) is 6.54. The number of hydrogen-bond acceptors (Lipinski definition) is 5. The fourth-order valence-electron chi connectivity index (χ4n) is 3.23. The van der Waals surface area contributed by atoms with Gasteiger partial charge in [0.2, 0.25) is 5.89 Å². The van der Waals surface area contributed by atoms with E-state index in [1.165, 1.54) is 30.3 Å². The summed E-state index contributed by atoms with van der Waals surface area (Å²) in [6.45, 7) is 0.874. The summed E-state index contributed by atoms with van der Waals surface area (Å²) in [5.41, 5.74) is 0.0452. The minimum atomic E-state index is -0.543. The van der Waals surface area contributed by atoms with Crippen LogP contribution in [0.2, 0.25) is 0 Å². The maximum Gasteiger partial charge on any atom is 0.359 e. The Balaban J connectivity index is 1.46.